The van der Waals surface area contributed by atoms with Crippen LogP contribution in [0.5, 0.6) is 0 Å². The van der Waals surface area contributed by atoms with Crippen LogP contribution in [-0.4, -0.2) is 4.98 Å². The summed E-state index contributed by atoms with van der Waals surface area (Å²) in [5.41, 5.74) is 5.64. The molecule has 0 aliphatic heterocycles. The number of aryl methyl sites for hydroxylation is 2. The van der Waals surface area contributed by atoms with E-state index in [2.05, 4.69) is 10.4 Å². The standard InChI is InChI=1S/C15H17F2N3/c1-9-5-10(2)15(19-8-9)14(20-18)7-11-6-12(16)3-4-13(11)17/h3-6,8,14,20H,7,18H2,1-2H3. The first kappa shape index (κ1) is 14.6. The smallest absolute Gasteiger partial charge is 0.126 e. The molecule has 1 unspecified atom stereocenters. The van der Waals surface area contributed by atoms with E-state index in [9.17, 15) is 8.78 Å². The Morgan fingerprint density at radius 3 is 2.65 bits per heavy atom. The lowest BCUT2D eigenvalue weighted by molar-refractivity contribution is 0.511. The Labute approximate surface area is 116 Å². The van der Waals surface area contributed by atoms with Crippen molar-refractivity contribution in [2.24, 2.45) is 5.84 Å². The van der Waals surface area contributed by atoms with Gasteiger partial charge in [-0.15, -0.1) is 0 Å². The van der Waals surface area contributed by atoms with Gasteiger partial charge in [-0.3, -0.25) is 16.3 Å². The quantitative estimate of drug-likeness (QED) is 0.667. The van der Waals surface area contributed by atoms with Gasteiger partial charge in [0, 0.05) is 6.20 Å². The van der Waals surface area contributed by atoms with E-state index in [1.165, 1.54) is 6.07 Å². The number of hydrogen-bond acceptors (Lipinski definition) is 3. The molecule has 106 valence electrons. The molecule has 0 fully saturated rings. The number of nitrogens with zero attached hydrogens (tertiary/aromatic N) is 1. The molecule has 0 aliphatic carbocycles. The van der Waals surface area contributed by atoms with Gasteiger partial charge in [-0.2, -0.15) is 0 Å². The molecule has 0 aliphatic rings. The van der Waals surface area contributed by atoms with E-state index in [1.807, 2.05) is 19.9 Å². The summed E-state index contributed by atoms with van der Waals surface area (Å²) in [6.07, 6.45) is 1.96. The molecular formula is C15H17F2N3. The van der Waals surface area contributed by atoms with Gasteiger partial charge in [-0.1, -0.05) is 6.07 Å². The van der Waals surface area contributed by atoms with E-state index in [1.54, 1.807) is 6.20 Å². The Hall–Kier alpha value is -1.85. The second kappa shape index (κ2) is 6.07. The molecule has 0 bridgehead atoms. The van der Waals surface area contributed by atoms with Gasteiger partial charge in [0.1, 0.15) is 11.6 Å². The third-order valence-corrected chi connectivity index (χ3v) is 3.22. The minimum Gasteiger partial charge on any atom is -0.271 e. The highest BCUT2D eigenvalue weighted by Gasteiger charge is 2.17. The molecule has 3 N–H and O–H groups in total. The third kappa shape index (κ3) is 3.18. The summed E-state index contributed by atoms with van der Waals surface area (Å²) in [6, 6.07) is 5.01. The van der Waals surface area contributed by atoms with Gasteiger partial charge in [0.25, 0.3) is 0 Å². The number of benzene rings is 1. The lowest BCUT2D eigenvalue weighted by Gasteiger charge is -2.18. The fraction of sp³-hybridized carbons (Fsp3) is 0.267. The zero-order valence-electron chi connectivity index (χ0n) is 11.5. The van der Waals surface area contributed by atoms with Crippen molar-refractivity contribution in [2.75, 3.05) is 0 Å². The lowest BCUT2D eigenvalue weighted by atomic mass is 9.99. The molecular weight excluding hydrogens is 260 g/mol. The number of hydrogen-bond donors (Lipinski definition) is 2. The Kier molecular flexibility index (Phi) is 4.42. The predicted molar refractivity (Wildman–Crippen MR) is 73.8 cm³/mol. The van der Waals surface area contributed by atoms with E-state index in [0.717, 1.165) is 29.0 Å². The zero-order valence-corrected chi connectivity index (χ0v) is 11.5. The van der Waals surface area contributed by atoms with Crippen LogP contribution in [0.3, 0.4) is 0 Å². The number of hydrazine groups is 1. The van der Waals surface area contributed by atoms with Crippen LogP contribution in [0.4, 0.5) is 8.78 Å². The molecule has 2 rings (SSSR count). The molecule has 1 aromatic heterocycles. The van der Waals surface area contributed by atoms with Gasteiger partial charge in [0.2, 0.25) is 0 Å². The van der Waals surface area contributed by atoms with Crippen molar-refractivity contribution in [3.05, 3.63) is 64.5 Å². The molecule has 20 heavy (non-hydrogen) atoms. The highest BCUT2D eigenvalue weighted by molar-refractivity contribution is 5.28. The summed E-state index contributed by atoms with van der Waals surface area (Å²) in [5.74, 6) is 4.63. The van der Waals surface area contributed by atoms with E-state index in [-0.39, 0.29) is 18.0 Å². The van der Waals surface area contributed by atoms with E-state index < -0.39 is 11.6 Å². The minimum atomic E-state index is -0.467. The zero-order chi connectivity index (χ0) is 14.7. The molecule has 5 heteroatoms. The third-order valence-electron chi connectivity index (χ3n) is 3.22. The number of nitrogens with two attached hydrogens (primary N) is 1. The molecule has 3 nitrogen and oxygen atoms in total. The Balaban J connectivity index is 2.31. The monoisotopic (exact) mass is 277 g/mol. The van der Waals surface area contributed by atoms with Crippen molar-refractivity contribution < 1.29 is 8.78 Å². The highest BCUT2D eigenvalue weighted by atomic mass is 19.1. The lowest BCUT2D eigenvalue weighted by Crippen LogP contribution is -2.31. The van der Waals surface area contributed by atoms with Gasteiger partial charge in [0.15, 0.2) is 0 Å². The molecule has 0 saturated heterocycles. The summed E-state index contributed by atoms with van der Waals surface area (Å²) in [4.78, 5) is 4.34. The van der Waals surface area contributed by atoms with Gasteiger partial charge in [0.05, 0.1) is 11.7 Å². The summed E-state index contributed by atoms with van der Waals surface area (Å²) in [6.45, 7) is 3.86. The summed E-state index contributed by atoms with van der Waals surface area (Å²) >= 11 is 0. The number of aromatic nitrogens is 1. The topological polar surface area (TPSA) is 50.9 Å². The molecule has 0 amide bonds. The SMILES string of the molecule is Cc1cnc(C(Cc2cc(F)ccc2F)NN)c(C)c1. The van der Waals surface area contributed by atoms with Crippen LogP contribution in [0.15, 0.2) is 30.5 Å². The normalized spacial score (nSPS) is 12.4. The molecule has 0 spiro atoms. The summed E-state index contributed by atoms with van der Waals surface area (Å²) in [7, 11) is 0. The largest absolute Gasteiger partial charge is 0.271 e. The Morgan fingerprint density at radius 1 is 1.25 bits per heavy atom. The highest BCUT2D eigenvalue weighted by Crippen LogP contribution is 2.22. The van der Waals surface area contributed by atoms with Crippen LogP contribution >= 0.6 is 0 Å². The van der Waals surface area contributed by atoms with Crippen LogP contribution in [0.25, 0.3) is 0 Å². The van der Waals surface area contributed by atoms with Gasteiger partial charge >= 0.3 is 0 Å². The van der Waals surface area contributed by atoms with Crippen molar-refractivity contribution in [3.8, 4) is 0 Å². The van der Waals surface area contributed by atoms with E-state index >= 15 is 0 Å². The van der Waals surface area contributed by atoms with Crippen LogP contribution in [0.1, 0.15) is 28.4 Å². The molecule has 0 radical (unpaired) electrons. The number of halogens is 2. The van der Waals surface area contributed by atoms with Crippen molar-refractivity contribution in [3.63, 3.8) is 0 Å². The van der Waals surface area contributed by atoms with Gasteiger partial charge < -0.3 is 0 Å². The van der Waals surface area contributed by atoms with Crippen molar-refractivity contribution >= 4 is 0 Å². The van der Waals surface area contributed by atoms with Crippen LogP contribution < -0.4 is 11.3 Å². The molecule has 1 aromatic carbocycles. The maximum atomic E-state index is 13.7. The first-order valence-electron chi connectivity index (χ1n) is 6.34. The van der Waals surface area contributed by atoms with Crippen molar-refractivity contribution in [2.45, 2.75) is 26.3 Å². The number of rotatable bonds is 4. The summed E-state index contributed by atoms with van der Waals surface area (Å²) in [5, 5.41) is 0. The van der Waals surface area contributed by atoms with Crippen LogP contribution in [-0.2, 0) is 6.42 Å². The van der Waals surface area contributed by atoms with Crippen molar-refractivity contribution in [1.82, 2.24) is 10.4 Å². The minimum absolute atomic E-state index is 0.233. The van der Waals surface area contributed by atoms with Gasteiger partial charge in [-0.05, 0) is 55.2 Å². The predicted octanol–water partition coefficient (Wildman–Crippen LogP) is 2.72. The fourth-order valence-corrected chi connectivity index (χ4v) is 2.24. The second-order valence-electron chi connectivity index (χ2n) is 4.87. The fourth-order valence-electron chi connectivity index (χ4n) is 2.24. The Morgan fingerprint density at radius 2 is 2.00 bits per heavy atom. The maximum Gasteiger partial charge on any atom is 0.126 e. The Bertz CT molecular complexity index is 614. The van der Waals surface area contributed by atoms with E-state index in [4.69, 9.17) is 5.84 Å². The van der Waals surface area contributed by atoms with Crippen molar-refractivity contribution in [1.29, 1.82) is 0 Å². The first-order chi connectivity index (χ1) is 9.51. The second-order valence-corrected chi connectivity index (χ2v) is 4.87. The van der Waals surface area contributed by atoms with Crippen LogP contribution in [0, 0.1) is 25.5 Å². The average molecular weight is 277 g/mol. The first-order valence-corrected chi connectivity index (χ1v) is 6.34. The molecule has 1 heterocycles. The summed E-state index contributed by atoms with van der Waals surface area (Å²) < 4.78 is 26.9. The van der Waals surface area contributed by atoms with Gasteiger partial charge in [-0.25, -0.2) is 8.78 Å². The molecule has 0 saturated carbocycles. The number of nitrogens with one attached hydrogen (secondary N) is 1. The molecule has 1 atom stereocenters. The van der Waals surface area contributed by atoms with Crippen LogP contribution in [0.2, 0.25) is 0 Å². The maximum absolute atomic E-state index is 13.7. The average Bonchev–Trinajstić information content (AvgIpc) is 2.40. The number of pyridine rings is 1. The molecule has 2 aromatic rings. The van der Waals surface area contributed by atoms with E-state index in [0.29, 0.717) is 0 Å².